The van der Waals surface area contributed by atoms with Crippen molar-refractivity contribution in [2.75, 3.05) is 5.32 Å². The molecule has 5 nitrogen and oxygen atoms in total. The zero-order chi connectivity index (χ0) is 18.0. The van der Waals surface area contributed by atoms with E-state index < -0.39 is 17.8 Å². The number of anilines is 1. The molecular weight excluding hydrogens is 411 g/mol. The third-order valence-corrected chi connectivity index (χ3v) is 4.76. The molecule has 0 saturated carbocycles. The summed E-state index contributed by atoms with van der Waals surface area (Å²) in [5, 5.41) is 13.9. The van der Waals surface area contributed by atoms with Crippen molar-refractivity contribution in [3.05, 3.63) is 69.5 Å². The van der Waals surface area contributed by atoms with Crippen molar-refractivity contribution in [3.63, 3.8) is 0 Å². The van der Waals surface area contributed by atoms with Gasteiger partial charge in [0.2, 0.25) is 5.95 Å². The SMILES string of the molecule is O=C(Nc1scc(-c2ccc(Br)cc2)c1C(=O)O)c1cccc(F)n1. The Hall–Kier alpha value is -2.58. The Morgan fingerprint density at radius 2 is 1.88 bits per heavy atom. The number of rotatable bonds is 4. The Bertz CT molecular complexity index is 957. The molecule has 3 aromatic rings. The first-order valence-corrected chi connectivity index (χ1v) is 8.67. The number of carboxylic acid groups (broad SMARTS) is 1. The average Bonchev–Trinajstić information content (AvgIpc) is 2.99. The molecule has 0 aliphatic rings. The number of aromatic nitrogens is 1. The lowest BCUT2D eigenvalue weighted by molar-refractivity contribution is 0.0699. The smallest absolute Gasteiger partial charge is 0.339 e. The van der Waals surface area contributed by atoms with Gasteiger partial charge in [-0.3, -0.25) is 4.79 Å². The van der Waals surface area contributed by atoms with Crippen LogP contribution >= 0.6 is 27.3 Å². The number of carboxylic acids is 1. The van der Waals surface area contributed by atoms with Crippen LogP contribution in [0.15, 0.2) is 52.3 Å². The lowest BCUT2D eigenvalue weighted by Crippen LogP contribution is -2.15. The van der Waals surface area contributed by atoms with E-state index in [0.29, 0.717) is 11.1 Å². The molecule has 8 heteroatoms. The van der Waals surface area contributed by atoms with Crippen molar-refractivity contribution < 1.29 is 19.1 Å². The van der Waals surface area contributed by atoms with Crippen molar-refractivity contribution in [3.8, 4) is 11.1 Å². The second-order valence-electron chi connectivity index (χ2n) is 4.97. The molecule has 126 valence electrons. The molecule has 0 aliphatic heterocycles. The van der Waals surface area contributed by atoms with Gasteiger partial charge in [-0.25, -0.2) is 9.78 Å². The number of amides is 1. The Labute approximate surface area is 154 Å². The van der Waals surface area contributed by atoms with Gasteiger partial charge in [0.25, 0.3) is 5.91 Å². The summed E-state index contributed by atoms with van der Waals surface area (Å²) in [4.78, 5) is 27.4. The van der Waals surface area contributed by atoms with Gasteiger partial charge in [-0.2, -0.15) is 4.39 Å². The predicted molar refractivity (Wildman–Crippen MR) is 96.6 cm³/mol. The topological polar surface area (TPSA) is 79.3 Å². The summed E-state index contributed by atoms with van der Waals surface area (Å²) < 4.78 is 14.0. The standard InChI is InChI=1S/C17H10BrFN2O3S/c18-10-6-4-9(5-7-10)11-8-25-16(14(11)17(23)24)21-15(22)12-2-1-3-13(19)20-12/h1-8H,(H,21,22)(H,23,24). The second-order valence-corrected chi connectivity index (χ2v) is 6.76. The summed E-state index contributed by atoms with van der Waals surface area (Å²) in [6.07, 6.45) is 0. The number of halogens is 2. The molecule has 25 heavy (non-hydrogen) atoms. The molecule has 0 fully saturated rings. The van der Waals surface area contributed by atoms with Crippen molar-refractivity contribution >= 4 is 44.1 Å². The number of pyridine rings is 1. The highest BCUT2D eigenvalue weighted by molar-refractivity contribution is 9.10. The molecule has 0 spiro atoms. The minimum atomic E-state index is -1.17. The van der Waals surface area contributed by atoms with E-state index in [4.69, 9.17) is 0 Å². The summed E-state index contributed by atoms with van der Waals surface area (Å²) in [5.74, 6) is -2.62. The molecule has 2 N–H and O–H groups in total. The largest absolute Gasteiger partial charge is 0.478 e. The van der Waals surface area contributed by atoms with Gasteiger partial charge >= 0.3 is 5.97 Å². The fourth-order valence-corrected chi connectivity index (χ4v) is 3.43. The summed E-state index contributed by atoms with van der Waals surface area (Å²) in [5.41, 5.74) is 1.06. The predicted octanol–water partition coefficient (Wildman–Crippen LogP) is 4.66. The molecule has 0 saturated heterocycles. The van der Waals surface area contributed by atoms with E-state index in [1.54, 1.807) is 29.6 Å². The van der Waals surface area contributed by atoms with E-state index in [-0.39, 0.29) is 16.3 Å². The lowest BCUT2D eigenvalue weighted by atomic mass is 10.0. The van der Waals surface area contributed by atoms with E-state index in [1.165, 1.54) is 12.1 Å². The van der Waals surface area contributed by atoms with Crippen molar-refractivity contribution in [2.45, 2.75) is 0 Å². The quantitative estimate of drug-likeness (QED) is 0.601. The number of thiophene rings is 1. The van der Waals surface area contributed by atoms with Crippen LogP contribution in [0, 0.1) is 5.95 Å². The zero-order valence-electron chi connectivity index (χ0n) is 12.5. The van der Waals surface area contributed by atoms with Gasteiger partial charge in [-0.15, -0.1) is 11.3 Å². The fourth-order valence-electron chi connectivity index (χ4n) is 2.21. The van der Waals surface area contributed by atoms with Crippen LogP contribution in [0.3, 0.4) is 0 Å². The first-order valence-electron chi connectivity index (χ1n) is 7.00. The number of nitrogens with one attached hydrogen (secondary N) is 1. The Morgan fingerprint density at radius 1 is 1.16 bits per heavy atom. The van der Waals surface area contributed by atoms with Gasteiger partial charge < -0.3 is 10.4 Å². The normalized spacial score (nSPS) is 10.5. The van der Waals surface area contributed by atoms with Crippen LogP contribution in [-0.4, -0.2) is 22.0 Å². The minimum Gasteiger partial charge on any atom is -0.478 e. The summed E-state index contributed by atoms with van der Waals surface area (Å²) in [7, 11) is 0. The molecule has 0 bridgehead atoms. The van der Waals surface area contributed by atoms with Gasteiger partial charge in [0.1, 0.15) is 16.3 Å². The van der Waals surface area contributed by atoms with Crippen LogP contribution in [0.1, 0.15) is 20.8 Å². The monoisotopic (exact) mass is 420 g/mol. The van der Waals surface area contributed by atoms with Crippen LogP contribution in [0.4, 0.5) is 9.39 Å². The maximum Gasteiger partial charge on any atom is 0.339 e. The van der Waals surface area contributed by atoms with Crippen LogP contribution in [0.25, 0.3) is 11.1 Å². The molecule has 1 amide bonds. The molecule has 3 rings (SSSR count). The van der Waals surface area contributed by atoms with Crippen LogP contribution < -0.4 is 5.32 Å². The third kappa shape index (κ3) is 3.75. The van der Waals surface area contributed by atoms with Crippen LogP contribution in [-0.2, 0) is 0 Å². The number of aromatic carboxylic acids is 1. The zero-order valence-corrected chi connectivity index (χ0v) is 14.9. The number of nitrogens with zero attached hydrogens (tertiary/aromatic N) is 1. The highest BCUT2D eigenvalue weighted by Gasteiger charge is 2.22. The number of carbonyl (C=O) groups is 2. The first-order chi connectivity index (χ1) is 12.0. The van der Waals surface area contributed by atoms with Gasteiger partial charge in [0.05, 0.1) is 0 Å². The second kappa shape index (κ2) is 7.12. The van der Waals surface area contributed by atoms with E-state index in [2.05, 4.69) is 26.2 Å². The Balaban J connectivity index is 1.96. The van der Waals surface area contributed by atoms with Gasteiger partial charge in [-0.05, 0) is 29.8 Å². The van der Waals surface area contributed by atoms with Crippen LogP contribution in [0.5, 0.6) is 0 Å². The van der Waals surface area contributed by atoms with E-state index in [9.17, 15) is 19.1 Å². The van der Waals surface area contributed by atoms with Gasteiger partial charge in [0.15, 0.2) is 0 Å². The van der Waals surface area contributed by atoms with E-state index in [0.717, 1.165) is 21.9 Å². The number of hydrogen-bond donors (Lipinski definition) is 2. The van der Waals surface area contributed by atoms with E-state index >= 15 is 0 Å². The summed E-state index contributed by atoms with van der Waals surface area (Å²) in [6.45, 7) is 0. The number of benzene rings is 1. The number of hydrogen-bond acceptors (Lipinski definition) is 4. The van der Waals surface area contributed by atoms with Gasteiger partial charge in [0, 0.05) is 15.4 Å². The molecule has 1 aromatic carbocycles. The highest BCUT2D eigenvalue weighted by atomic mass is 79.9. The summed E-state index contributed by atoms with van der Waals surface area (Å²) >= 11 is 4.41. The van der Waals surface area contributed by atoms with E-state index in [1.807, 2.05) is 0 Å². The highest BCUT2D eigenvalue weighted by Crippen LogP contribution is 2.36. The first kappa shape index (κ1) is 17.2. The molecule has 0 aliphatic carbocycles. The number of carbonyl (C=O) groups excluding carboxylic acids is 1. The molecule has 2 heterocycles. The minimum absolute atomic E-state index is 0.0166. The fraction of sp³-hybridized carbons (Fsp3) is 0. The summed E-state index contributed by atoms with van der Waals surface area (Å²) in [6, 6.07) is 11.0. The van der Waals surface area contributed by atoms with Crippen molar-refractivity contribution in [2.24, 2.45) is 0 Å². The Kier molecular flexibility index (Phi) is 4.91. The third-order valence-electron chi connectivity index (χ3n) is 3.33. The maximum absolute atomic E-state index is 13.1. The van der Waals surface area contributed by atoms with Crippen LogP contribution in [0.2, 0.25) is 0 Å². The molecule has 0 radical (unpaired) electrons. The average molecular weight is 421 g/mol. The molecule has 0 unspecified atom stereocenters. The molecular formula is C17H10BrFN2O3S. The van der Waals surface area contributed by atoms with Crippen molar-refractivity contribution in [1.82, 2.24) is 4.98 Å². The molecule has 2 aromatic heterocycles. The molecule has 0 atom stereocenters. The lowest BCUT2D eigenvalue weighted by Gasteiger charge is -2.06. The van der Waals surface area contributed by atoms with Gasteiger partial charge in [-0.1, -0.05) is 34.1 Å². The maximum atomic E-state index is 13.1. The van der Waals surface area contributed by atoms with Crippen molar-refractivity contribution in [1.29, 1.82) is 0 Å². The Morgan fingerprint density at radius 3 is 2.52 bits per heavy atom.